The Hall–Kier alpha value is -1.31. The topological polar surface area (TPSA) is 32.6 Å². The Labute approximate surface area is 91.6 Å². The summed E-state index contributed by atoms with van der Waals surface area (Å²) in [6.07, 6.45) is 4.94. The van der Waals surface area contributed by atoms with Gasteiger partial charge in [-0.1, -0.05) is 49.2 Å². The third kappa shape index (κ3) is 3.74. The molecule has 0 heterocycles. The summed E-state index contributed by atoms with van der Waals surface area (Å²) in [7, 11) is 0. The second kappa shape index (κ2) is 6.23. The van der Waals surface area contributed by atoms with E-state index < -0.39 is 0 Å². The van der Waals surface area contributed by atoms with Crippen LogP contribution in [0.1, 0.15) is 44.2 Å². The summed E-state index contributed by atoms with van der Waals surface area (Å²) in [6.45, 7) is 4.01. The van der Waals surface area contributed by atoms with E-state index in [4.69, 9.17) is 5.21 Å². The molecule has 0 atom stereocenters. The molecule has 0 aliphatic rings. The highest BCUT2D eigenvalue weighted by atomic mass is 16.4. The molecule has 1 rings (SSSR count). The molecular formula is C13H19NO. The smallest absolute Gasteiger partial charge is 0.0836 e. The van der Waals surface area contributed by atoms with Crippen molar-refractivity contribution in [1.29, 1.82) is 0 Å². The van der Waals surface area contributed by atoms with Crippen molar-refractivity contribution in [2.75, 3.05) is 0 Å². The van der Waals surface area contributed by atoms with Gasteiger partial charge in [0.2, 0.25) is 0 Å². The highest BCUT2D eigenvalue weighted by Crippen LogP contribution is 2.09. The molecule has 0 spiro atoms. The van der Waals surface area contributed by atoms with Crippen molar-refractivity contribution in [1.82, 2.24) is 0 Å². The quantitative estimate of drug-likeness (QED) is 0.338. The van der Waals surface area contributed by atoms with Gasteiger partial charge in [0.25, 0.3) is 0 Å². The van der Waals surface area contributed by atoms with Gasteiger partial charge in [-0.05, 0) is 30.9 Å². The number of aryl methyl sites for hydroxylation is 1. The average molecular weight is 205 g/mol. The molecular weight excluding hydrogens is 186 g/mol. The minimum absolute atomic E-state index is 0.662. The zero-order valence-corrected chi connectivity index (χ0v) is 9.53. The fourth-order valence-corrected chi connectivity index (χ4v) is 1.55. The molecule has 2 nitrogen and oxygen atoms in total. The third-order valence-corrected chi connectivity index (χ3v) is 2.59. The maximum Gasteiger partial charge on any atom is 0.0836 e. The lowest BCUT2D eigenvalue weighted by Gasteiger charge is -2.02. The van der Waals surface area contributed by atoms with E-state index in [1.54, 1.807) is 6.92 Å². The number of oxime groups is 1. The molecule has 0 aliphatic heterocycles. The van der Waals surface area contributed by atoms with Crippen molar-refractivity contribution in [2.45, 2.75) is 39.5 Å². The van der Waals surface area contributed by atoms with Crippen LogP contribution in [0.2, 0.25) is 0 Å². The van der Waals surface area contributed by atoms with Crippen LogP contribution in [-0.2, 0) is 6.42 Å². The molecule has 0 saturated heterocycles. The average Bonchev–Trinajstić information content (AvgIpc) is 2.29. The lowest BCUT2D eigenvalue weighted by atomic mass is 10.0. The van der Waals surface area contributed by atoms with E-state index in [2.05, 4.69) is 24.2 Å². The second-order valence-corrected chi connectivity index (χ2v) is 3.84. The molecule has 0 bridgehead atoms. The molecule has 1 aromatic carbocycles. The summed E-state index contributed by atoms with van der Waals surface area (Å²) in [6, 6.07) is 8.24. The van der Waals surface area contributed by atoms with Gasteiger partial charge >= 0.3 is 0 Å². The second-order valence-electron chi connectivity index (χ2n) is 3.84. The van der Waals surface area contributed by atoms with Crippen molar-refractivity contribution < 1.29 is 5.21 Å². The van der Waals surface area contributed by atoms with Crippen LogP contribution in [0.15, 0.2) is 29.4 Å². The highest BCUT2D eigenvalue weighted by Gasteiger charge is 1.98. The Kier molecular flexibility index (Phi) is 4.88. The van der Waals surface area contributed by atoms with Crippen LogP contribution in [0.5, 0.6) is 0 Å². The van der Waals surface area contributed by atoms with E-state index in [1.165, 1.54) is 24.8 Å². The van der Waals surface area contributed by atoms with Gasteiger partial charge in [0, 0.05) is 0 Å². The van der Waals surface area contributed by atoms with E-state index in [1.807, 2.05) is 12.1 Å². The lowest BCUT2D eigenvalue weighted by Crippen LogP contribution is -1.94. The lowest BCUT2D eigenvalue weighted by molar-refractivity contribution is 0.319. The van der Waals surface area contributed by atoms with Gasteiger partial charge in [0.05, 0.1) is 5.71 Å². The van der Waals surface area contributed by atoms with Crippen LogP contribution in [-0.4, -0.2) is 10.9 Å². The maximum absolute atomic E-state index is 8.62. The Morgan fingerprint density at radius 1 is 1.20 bits per heavy atom. The van der Waals surface area contributed by atoms with Crippen molar-refractivity contribution in [3.63, 3.8) is 0 Å². The van der Waals surface area contributed by atoms with Gasteiger partial charge in [0.15, 0.2) is 0 Å². The molecule has 0 fully saturated rings. The van der Waals surface area contributed by atoms with Gasteiger partial charge in [0.1, 0.15) is 0 Å². The first-order chi connectivity index (χ1) is 7.27. The molecule has 1 N–H and O–H groups in total. The fourth-order valence-electron chi connectivity index (χ4n) is 1.55. The largest absolute Gasteiger partial charge is 0.411 e. The molecule has 1 aromatic rings. The highest BCUT2D eigenvalue weighted by molar-refractivity contribution is 5.98. The Morgan fingerprint density at radius 3 is 2.40 bits per heavy atom. The Balaban J connectivity index is 2.56. The number of benzene rings is 1. The van der Waals surface area contributed by atoms with Crippen molar-refractivity contribution in [3.05, 3.63) is 35.4 Å². The molecule has 2 heteroatoms. The monoisotopic (exact) mass is 205 g/mol. The van der Waals surface area contributed by atoms with Gasteiger partial charge in [-0.15, -0.1) is 0 Å². The molecule has 0 amide bonds. The minimum atomic E-state index is 0.662. The normalized spacial score (nSPS) is 11.7. The van der Waals surface area contributed by atoms with Crippen LogP contribution in [0.25, 0.3) is 0 Å². The summed E-state index contributed by atoms with van der Waals surface area (Å²) in [4.78, 5) is 0. The van der Waals surface area contributed by atoms with Crippen molar-refractivity contribution in [2.24, 2.45) is 5.16 Å². The fraction of sp³-hybridized carbons (Fsp3) is 0.462. The van der Waals surface area contributed by atoms with Crippen molar-refractivity contribution >= 4 is 5.71 Å². The van der Waals surface area contributed by atoms with Crippen LogP contribution in [0.4, 0.5) is 0 Å². The first-order valence-electron chi connectivity index (χ1n) is 5.56. The number of hydrogen-bond donors (Lipinski definition) is 1. The number of nitrogens with zero attached hydrogens (tertiary/aromatic N) is 1. The molecule has 0 saturated carbocycles. The first kappa shape index (κ1) is 11.8. The maximum atomic E-state index is 8.62. The van der Waals surface area contributed by atoms with E-state index in [0.29, 0.717) is 5.71 Å². The molecule has 0 radical (unpaired) electrons. The number of hydrogen-bond acceptors (Lipinski definition) is 2. The molecule has 0 aliphatic carbocycles. The predicted octanol–water partition coefficient (Wildman–Crippen LogP) is 3.62. The minimum Gasteiger partial charge on any atom is -0.411 e. The summed E-state index contributed by atoms with van der Waals surface area (Å²) in [5.74, 6) is 0. The van der Waals surface area contributed by atoms with E-state index in [0.717, 1.165) is 12.0 Å². The Morgan fingerprint density at radius 2 is 1.87 bits per heavy atom. The summed E-state index contributed by atoms with van der Waals surface area (Å²) in [5.41, 5.74) is 3.00. The van der Waals surface area contributed by atoms with Gasteiger partial charge in [-0.25, -0.2) is 0 Å². The summed E-state index contributed by atoms with van der Waals surface area (Å²) in [5, 5.41) is 11.8. The molecule has 82 valence electrons. The molecule has 0 aromatic heterocycles. The van der Waals surface area contributed by atoms with Crippen LogP contribution in [0.3, 0.4) is 0 Å². The standard InChI is InChI=1S/C13H19NO/c1-3-4-5-6-12-7-9-13(10-8-12)11(2)14-15/h7-10,15H,3-6H2,1-2H3/b14-11-. The van der Waals surface area contributed by atoms with E-state index >= 15 is 0 Å². The zero-order valence-electron chi connectivity index (χ0n) is 9.53. The summed E-state index contributed by atoms with van der Waals surface area (Å²) >= 11 is 0. The van der Waals surface area contributed by atoms with E-state index in [9.17, 15) is 0 Å². The van der Waals surface area contributed by atoms with Gasteiger partial charge in [-0.3, -0.25) is 0 Å². The van der Waals surface area contributed by atoms with Crippen LogP contribution >= 0.6 is 0 Å². The third-order valence-electron chi connectivity index (χ3n) is 2.59. The van der Waals surface area contributed by atoms with Crippen LogP contribution < -0.4 is 0 Å². The summed E-state index contributed by atoms with van der Waals surface area (Å²) < 4.78 is 0. The van der Waals surface area contributed by atoms with Gasteiger partial charge in [-0.2, -0.15) is 0 Å². The van der Waals surface area contributed by atoms with Crippen LogP contribution in [0, 0.1) is 0 Å². The SMILES string of the molecule is CCCCCc1ccc(/C(C)=N\O)cc1. The van der Waals surface area contributed by atoms with Gasteiger partial charge < -0.3 is 5.21 Å². The van der Waals surface area contributed by atoms with Crippen molar-refractivity contribution in [3.8, 4) is 0 Å². The number of unbranched alkanes of at least 4 members (excludes halogenated alkanes) is 2. The van der Waals surface area contributed by atoms with E-state index in [-0.39, 0.29) is 0 Å². The molecule has 15 heavy (non-hydrogen) atoms. The number of rotatable bonds is 5. The molecule has 0 unspecified atom stereocenters. The zero-order chi connectivity index (χ0) is 11.1. The predicted molar refractivity (Wildman–Crippen MR) is 63.7 cm³/mol. The first-order valence-corrected chi connectivity index (χ1v) is 5.56. The Bertz CT molecular complexity index is 314.